The minimum atomic E-state index is -1.62. The van der Waals surface area contributed by atoms with E-state index in [0.717, 1.165) is 0 Å². The van der Waals surface area contributed by atoms with Crippen LogP contribution in [0.1, 0.15) is 22.9 Å². The first kappa shape index (κ1) is 13.2. The Balaban J connectivity index is 2.38. The van der Waals surface area contributed by atoms with Crippen LogP contribution >= 0.6 is 0 Å². The van der Waals surface area contributed by atoms with E-state index in [1.807, 2.05) is 0 Å². The van der Waals surface area contributed by atoms with E-state index in [9.17, 15) is 14.3 Å². The molecule has 0 bridgehead atoms. The molecule has 0 saturated carbocycles. The number of aromatic amines is 1. The van der Waals surface area contributed by atoms with Gasteiger partial charge in [-0.25, -0.2) is 4.39 Å². The molecule has 5 nitrogen and oxygen atoms in total. The lowest BCUT2D eigenvalue weighted by Gasteiger charge is -2.16. The lowest BCUT2D eigenvalue weighted by atomic mass is 10.0. The molecule has 4 atom stereocenters. The van der Waals surface area contributed by atoms with Crippen LogP contribution in [0.4, 0.5) is 4.39 Å². The molecular formula is C12H16FNO4. The van der Waals surface area contributed by atoms with Crippen molar-refractivity contribution in [1.29, 1.82) is 0 Å². The van der Waals surface area contributed by atoms with E-state index in [0.29, 0.717) is 16.8 Å². The van der Waals surface area contributed by atoms with Gasteiger partial charge in [0.15, 0.2) is 6.17 Å². The third-order valence-electron chi connectivity index (χ3n) is 3.27. The fourth-order valence-corrected chi connectivity index (χ4v) is 2.17. The van der Waals surface area contributed by atoms with Gasteiger partial charge in [0.1, 0.15) is 18.3 Å². The molecule has 1 aliphatic rings. The first-order valence-electron chi connectivity index (χ1n) is 5.74. The third-order valence-corrected chi connectivity index (χ3v) is 3.27. The molecule has 0 amide bonds. The van der Waals surface area contributed by atoms with E-state index in [4.69, 9.17) is 9.84 Å². The van der Waals surface area contributed by atoms with Crippen LogP contribution in [0.15, 0.2) is 10.9 Å². The van der Waals surface area contributed by atoms with Gasteiger partial charge >= 0.3 is 0 Å². The molecule has 6 heteroatoms. The zero-order chi connectivity index (χ0) is 13.4. The van der Waals surface area contributed by atoms with Crippen molar-refractivity contribution >= 4 is 0 Å². The maximum atomic E-state index is 13.9. The number of pyridine rings is 1. The van der Waals surface area contributed by atoms with Gasteiger partial charge in [-0.3, -0.25) is 4.79 Å². The summed E-state index contributed by atoms with van der Waals surface area (Å²) in [4.78, 5) is 14.0. The van der Waals surface area contributed by atoms with E-state index in [2.05, 4.69) is 4.98 Å². The van der Waals surface area contributed by atoms with Gasteiger partial charge in [0.05, 0.1) is 6.61 Å². The van der Waals surface area contributed by atoms with Crippen molar-refractivity contribution in [1.82, 2.24) is 4.98 Å². The second kappa shape index (κ2) is 4.79. The average molecular weight is 257 g/mol. The molecule has 1 aromatic rings. The van der Waals surface area contributed by atoms with E-state index in [1.54, 1.807) is 19.9 Å². The molecule has 0 aromatic carbocycles. The van der Waals surface area contributed by atoms with E-state index in [-0.39, 0.29) is 5.56 Å². The Morgan fingerprint density at radius 1 is 1.50 bits per heavy atom. The Kier molecular flexibility index (Phi) is 3.52. The molecule has 0 aliphatic carbocycles. The highest BCUT2D eigenvalue weighted by Gasteiger charge is 2.45. The van der Waals surface area contributed by atoms with Gasteiger partial charge in [-0.15, -0.1) is 0 Å². The third kappa shape index (κ3) is 2.07. The predicted octanol–water partition coefficient (Wildman–Crippen LogP) is 0.123. The molecule has 3 N–H and O–H groups in total. The van der Waals surface area contributed by atoms with Crippen LogP contribution in [-0.4, -0.2) is 40.2 Å². The molecule has 1 unspecified atom stereocenters. The molecule has 2 rings (SSSR count). The smallest absolute Gasteiger partial charge is 0.251 e. The van der Waals surface area contributed by atoms with Crippen LogP contribution in [-0.2, 0) is 4.74 Å². The summed E-state index contributed by atoms with van der Waals surface area (Å²) in [6.07, 6.45) is -4.87. The van der Waals surface area contributed by atoms with E-state index in [1.165, 1.54) is 0 Å². The summed E-state index contributed by atoms with van der Waals surface area (Å²) < 4.78 is 19.2. The average Bonchev–Trinajstić information content (AvgIpc) is 2.61. The minimum absolute atomic E-state index is 0.232. The number of rotatable bonds is 2. The molecule has 1 aromatic heterocycles. The molecule has 0 spiro atoms. The maximum absolute atomic E-state index is 13.9. The normalized spacial score (nSPS) is 31.8. The Morgan fingerprint density at radius 2 is 2.17 bits per heavy atom. The minimum Gasteiger partial charge on any atom is -0.394 e. The summed E-state index contributed by atoms with van der Waals surface area (Å²) in [6, 6.07) is 1.55. The zero-order valence-corrected chi connectivity index (χ0v) is 10.2. The molecule has 1 saturated heterocycles. The summed E-state index contributed by atoms with van der Waals surface area (Å²) in [5.74, 6) is 0. The number of halogens is 1. The first-order chi connectivity index (χ1) is 8.45. The number of ether oxygens (including phenoxy) is 1. The van der Waals surface area contributed by atoms with Gasteiger partial charge in [-0.2, -0.15) is 0 Å². The van der Waals surface area contributed by atoms with Gasteiger partial charge in [0, 0.05) is 16.8 Å². The van der Waals surface area contributed by atoms with Crippen molar-refractivity contribution in [2.75, 3.05) is 6.61 Å². The van der Waals surface area contributed by atoms with Crippen molar-refractivity contribution in [3.63, 3.8) is 0 Å². The van der Waals surface area contributed by atoms with Crippen LogP contribution in [0.3, 0.4) is 0 Å². The van der Waals surface area contributed by atoms with Crippen molar-refractivity contribution in [2.24, 2.45) is 0 Å². The summed E-state index contributed by atoms with van der Waals surface area (Å²) in [5, 5.41) is 18.5. The first-order valence-corrected chi connectivity index (χ1v) is 5.74. The van der Waals surface area contributed by atoms with Crippen LogP contribution in [0, 0.1) is 13.8 Å². The van der Waals surface area contributed by atoms with Crippen molar-refractivity contribution in [2.45, 2.75) is 38.3 Å². The van der Waals surface area contributed by atoms with Gasteiger partial charge in [0.2, 0.25) is 0 Å². The summed E-state index contributed by atoms with van der Waals surface area (Å²) in [5.41, 5.74) is 1.22. The highest BCUT2D eigenvalue weighted by Crippen LogP contribution is 2.36. The molecule has 1 aliphatic heterocycles. The second-order valence-electron chi connectivity index (χ2n) is 4.57. The number of alkyl halides is 1. The van der Waals surface area contributed by atoms with Crippen LogP contribution in [0.2, 0.25) is 0 Å². The molecular weight excluding hydrogens is 241 g/mol. The number of aromatic nitrogens is 1. The quantitative estimate of drug-likeness (QED) is 0.703. The molecule has 0 radical (unpaired) electrons. The number of H-pyrrole nitrogens is 1. The fourth-order valence-electron chi connectivity index (χ4n) is 2.17. The Hall–Kier alpha value is -1.24. The summed E-state index contributed by atoms with van der Waals surface area (Å²) in [6.45, 7) is 2.81. The second-order valence-corrected chi connectivity index (χ2v) is 4.57. The van der Waals surface area contributed by atoms with Gasteiger partial charge in [-0.05, 0) is 19.9 Å². The highest BCUT2D eigenvalue weighted by atomic mass is 19.1. The maximum Gasteiger partial charge on any atom is 0.251 e. The largest absolute Gasteiger partial charge is 0.394 e. The highest BCUT2D eigenvalue weighted by molar-refractivity contribution is 5.28. The SMILES string of the molecule is Cc1[nH]c(=O)c(C)cc1[C@@H]1O[C@H](CO)C(O)[C@@H]1F. The number of aliphatic hydroxyl groups excluding tert-OH is 2. The zero-order valence-electron chi connectivity index (χ0n) is 10.2. The van der Waals surface area contributed by atoms with Crippen molar-refractivity contribution < 1.29 is 19.3 Å². The summed E-state index contributed by atoms with van der Waals surface area (Å²) >= 11 is 0. The fraction of sp³-hybridized carbons (Fsp3) is 0.583. The molecule has 100 valence electrons. The van der Waals surface area contributed by atoms with Crippen LogP contribution in [0.25, 0.3) is 0 Å². The van der Waals surface area contributed by atoms with Crippen molar-refractivity contribution in [3.8, 4) is 0 Å². The predicted molar refractivity (Wildman–Crippen MR) is 62.1 cm³/mol. The number of aryl methyl sites for hydroxylation is 2. The molecule has 2 heterocycles. The Bertz CT molecular complexity index is 501. The number of aliphatic hydroxyl groups is 2. The van der Waals surface area contributed by atoms with Gasteiger partial charge in [0.25, 0.3) is 5.56 Å². The number of nitrogens with one attached hydrogen (secondary N) is 1. The Morgan fingerprint density at radius 3 is 2.72 bits per heavy atom. The van der Waals surface area contributed by atoms with Crippen LogP contribution < -0.4 is 5.56 Å². The summed E-state index contributed by atoms with van der Waals surface area (Å²) in [7, 11) is 0. The van der Waals surface area contributed by atoms with E-state index < -0.39 is 31.1 Å². The van der Waals surface area contributed by atoms with E-state index >= 15 is 0 Å². The molecule has 18 heavy (non-hydrogen) atoms. The van der Waals surface area contributed by atoms with Crippen LogP contribution in [0.5, 0.6) is 0 Å². The Labute approximate surface area is 103 Å². The van der Waals surface area contributed by atoms with Crippen molar-refractivity contribution in [3.05, 3.63) is 33.2 Å². The lowest BCUT2D eigenvalue weighted by molar-refractivity contribution is -0.0228. The molecule has 1 fully saturated rings. The monoisotopic (exact) mass is 257 g/mol. The lowest BCUT2D eigenvalue weighted by Crippen LogP contribution is -2.30. The topological polar surface area (TPSA) is 82.6 Å². The standard InChI is InChI=1S/C12H16FNO4/c1-5-3-7(6(2)14-12(5)17)11-9(13)10(16)8(4-15)18-11/h3,8-11,15-16H,4H2,1-2H3,(H,14,17)/t8-,9+,10?,11+/m1/s1. The van der Waals surface area contributed by atoms with Gasteiger partial charge < -0.3 is 19.9 Å². The van der Waals surface area contributed by atoms with Gasteiger partial charge in [-0.1, -0.05) is 0 Å². The number of hydrogen-bond acceptors (Lipinski definition) is 4. The number of hydrogen-bond donors (Lipinski definition) is 3.